The molecule has 4 aromatic carbocycles. The molecule has 0 bridgehead atoms. The molecule has 2 atom stereocenters. The zero-order valence-corrected chi connectivity index (χ0v) is 31.0. The average molecular weight is 685 g/mol. The lowest BCUT2D eigenvalue weighted by Crippen LogP contribution is -2.43. The van der Waals surface area contributed by atoms with Crippen LogP contribution in [0.15, 0.2) is 120 Å². The van der Waals surface area contributed by atoms with Crippen molar-refractivity contribution in [2.24, 2.45) is 11.8 Å². The van der Waals surface area contributed by atoms with Crippen molar-refractivity contribution < 1.29 is 28.5 Å². The molecule has 6 heteroatoms. The molecule has 0 N–H and O–H groups in total. The fraction of sp³-hybridized carbons (Fsp3) is 0.333. The molecule has 0 aromatic heterocycles. The molecule has 0 fully saturated rings. The summed E-state index contributed by atoms with van der Waals surface area (Å²) in [6.45, 7) is 15.9. The SMILES string of the molecule is CCOC(=O)C1=C(C)OC(c2ccc(C)cc2)(c2ccc(C)cc2)C1CC1C(C(=O)OCC)=C(C)OC1(c1ccc(C)cc1)c1ccc(C)cc1. The number of carbonyl (C=O) groups excluding carboxylic acids is 2. The predicted molar refractivity (Wildman–Crippen MR) is 199 cm³/mol. The summed E-state index contributed by atoms with van der Waals surface area (Å²) >= 11 is 0. The summed E-state index contributed by atoms with van der Waals surface area (Å²) in [6, 6.07) is 33.2. The zero-order chi connectivity index (χ0) is 36.5. The summed E-state index contributed by atoms with van der Waals surface area (Å²) in [5.41, 5.74) is 6.65. The molecule has 6 rings (SSSR count). The molecule has 0 amide bonds. The van der Waals surface area contributed by atoms with Crippen LogP contribution < -0.4 is 0 Å². The summed E-state index contributed by atoms with van der Waals surface area (Å²) in [6.07, 6.45) is 0.292. The minimum absolute atomic E-state index is 0.209. The molecule has 51 heavy (non-hydrogen) atoms. The standard InChI is InChI=1S/C45H48O6/c1-9-48-42(46)40-32(7)50-44(34-19-11-28(3)12-20-34,35-21-13-29(4)14-22-35)38(40)27-39-41(43(47)49-10-2)33(8)51-45(39,36-23-15-30(5)16-24-36)37-25-17-31(6)18-26-37/h11-26,38-39H,9-10,27H2,1-8H3. The van der Waals surface area contributed by atoms with E-state index in [1.165, 1.54) is 0 Å². The van der Waals surface area contributed by atoms with Crippen LogP contribution in [0.1, 0.15) is 78.6 Å². The van der Waals surface area contributed by atoms with E-state index >= 15 is 0 Å². The van der Waals surface area contributed by atoms with Gasteiger partial charge in [-0.15, -0.1) is 0 Å². The van der Waals surface area contributed by atoms with Crippen molar-refractivity contribution in [2.75, 3.05) is 13.2 Å². The van der Waals surface area contributed by atoms with Crippen molar-refractivity contribution in [3.8, 4) is 0 Å². The largest absolute Gasteiger partial charge is 0.481 e. The minimum atomic E-state index is -1.13. The van der Waals surface area contributed by atoms with Crippen molar-refractivity contribution >= 4 is 11.9 Å². The van der Waals surface area contributed by atoms with Gasteiger partial charge in [0.2, 0.25) is 0 Å². The molecule has 0 saturated carbocycles. The molecule has 2 unspecified atom stereocenters. The summed E-state index contributed by atoms with van der Waals surface area (Å²) < 4.78 is 25.7. The van der Waals surface area contributed by atoms with E-state index in [-0.39, 0.29) is 13.2 Å². The van der Waals surface area contributed by atoms with Crippen LogP contribution in [0.2, 0.25) is 0 Å². The molecule has 4 aromatic rings. The third kappa shape index (κ3) is 6.26. The Morgan fingerprint density at radius 3 is 0.980 bits per heavy atom. The average Bonchev–Trinajstić information content (AvgIpc) is 3.57. The van der Waals surface area contributed by atoms with Crippen LogP contribution in [0, 0.1) is 39.5 Å². The normalized spacial score (nSPS) is 19.1. The maximum Gasteiger partial charge on any atom is 0.337 e. The highest BCUT2D eigenvalue weighted by Gasteiger charge is 2.60. The van der Waals surface area contributed by atoms with Crippen LogP contribution in [0.25, 0.3) is 0 Å². The molecule has 2 aliphatic heterocycles. The summed E-state index contributed by atoms with van der Waals surface area (Å²) in [5, 5.41) is 0. The van der Waals surface area contributed by atoms with Crippen LogP contribution >= 0.6 is 0 Å². The number of carbonyl (C=O) groups is 2. The third-order valence-corrected chi connectivity index (χ3v) is 10.4. The number of aryl methyl sites for hydroxylation is 4. The van der Waals surface area contributed by atoms with E-state index in [1.807, 2.05) is 13.8 Å². The Kier molecular flexibility index (Phi) is 9.99. The number of benzene rings is 4. The Morgan fingerprint density at radius 1 is 0.490 bits per heavy atom. The Balaban J connectivity index is 1.67. The lowest BCUT2D eigenvalue weighted by molar-refractivity contribution is -0.139. The molecule has 6 nitrogen and oxygen atoms in total. The Labute approximate surface area is 302 Å². The van der Waals surface area contributed by atoms with Crippen molar-refractivity contribution in [3.63, 3.8) is 0 Å². The zero-order valence-electron chi connectivity index (χ0n) is 31.0. The highest BCUT2D eigenvalue weighted by molar-refractivity contribution is 5.92. The smallest absolute Gasteiger partial charge is 0.337 e. The first-order valence-electron chi connectivity index (χ1n) is 17.9. The number of ether oxygens (including phenoxy) is 4. The third-order valence-electron chi connectivity index (χ3n) is 10.4. The molecule has 2 aliphatic rings. The van der Waals surface area contributed by atoms with Gasteiger partial charge >= 0.3 is 11.9 Å². The topological polar surface area (TPSA) is 71.1 Å². The van der Waals surface area contributed by atoms with Gasteiger partial charge in [-0.1, -0.05) is 119 Å². The van der Waals surface area contributed by atoms with Gasteiger partial charge < -0.3 is 18.9 Å². The van der Waals surface area contributed by atoms with Crippen LogP contribution in [-0.4, -0.2) is 25.2 Å². The highest BCUT2D eigenvalue weighted by Crippen LogP contribution is 2.59. The molecule has 264 valence electrons. The van der Waals surface area contributed by atoms with Crippen molar-refractivity contribution in [1.29, 1.82) is 0 Å². The fourth-order valence-corrected chi connectivity index (χ4v) is 8.00. The lowest BCUT2D eigenvalue weighted by Gasteiger charge is -2.42. The Bertz CT molecular complexity index is 1730. The number of hydrogen-bond donors (Lipinski definition) is 0. The van der Waals surface area contributed by atoms with Crippen molar-refractivity contribution in [1.82, 2.24) is 0 Å². The van der Waals surface area contributed by atoms with E-state index in [1.54, 1.807) is 13.8 Å². The van der Waals surface area contributed by atoms with E-state index in [9.17, 15) is 9.59 Å². The molecule has 0 saturated heterocycles. The fourth-order valence-electron chi connectivity index (χ4n) is 8.00. The molecular weight excluding hydrogens is 636 g/mol. The maximum absolute atomic E-state index is 14.2. The van der Waals surface area contributed by atoms with Crippen LogP contribution in [0.4, 0.5) is 0 Å². The van der Waals surface area contributed by atoms with Crippen molar-refractivity contribution in [3.05, 3.63) is 164 Å². The van der Waals surface area contributed by atoms with Gasteiger partial charge in [0.25, 0.3) is 0 Å². The molecule has 0 aliphatic carbocycles. The van der Waals surface area contributed by atoms with E-state index in [2.05, 4.69) is 125 Å². The van der Waals surface area contributed by atoms with E-state index in [4.69, 9.17) is 18.9 Å². The van der Waals surface area contributed by atoms with E-state index in [0.29, 0.717) is 29.1 Å². The summed E-state index contributed by atoms with van der Waals surface area (Å²) in [4.78, 5) is 28.3. The van der Waals surface area contributed by atoms with Gasteiger partial charge in [0, 0.05) is 34.1 Å². The maximum atomic E-state index is 14.2. The quantitative estimate of drug-likeness (QED) is 0.155. The van der Waals surface area contributed by atoms with E-state index in [0.717, 1.165) is 44.5 Å². The first-order valence-corrected chi connectivity index (χ1v) is 17.9. The van der Waals surface area contributed by atoms with Gasteiger partial charge in [-0.05, 0) is 61.8 Å². The molecular formula is C45H48O6. The number of hydrogen-bond acceptors (Lipinski definition) is 6. The number of rotatable bonds is 10. The predicted octanol–water partition coefficient (Wildman–Crippen LogP) is 9.46. The molecule has 0 radical (unpaired) electrons. The van der Waals surface area contributed by atoms with Gasteiger partial charge in [-0.25, -0.2) is 9.59 Å². The first-order chi connectivity index (χ1) is 24.5. The van der Waals surface area contributed by atoms with Crippen LogP contribution in [0.5, 0.6) is 0 Å². The Morgan fingerprint density at radius 2 is 0.745 bits per heavy atom. The second kappa shape index (κ2) is 14.3. The number of esters is 2. The minimum Gasteiger partial charge on any atom is -0.481 e. The molecule has 0 spiro atoms. The number of allylic oxidation sites excluding steroid dienone is 2. The van der Waals surface area contributed by atoms with Gasteiger partial charge in [0.15, 0.2) is 11.2 Å². The second-order valence-electron chi connectivity index (χ2n) is 13.9. The van der Waals surface area contributed by atoms with Gasteiger partial charge in [-0.2, -0.15) is 0 Å². The second-order valence-corrected chi connectivity index (χ2v) is 13.9. The Hall–Kier alpha value is -5.10. The highest BCUT2D eigenvalue weighted by atomic mass is 16.5. The van der Waals surface area contributed by atoms with Gasteiger partial charge in [-0.3, -0.25) is 0 Å². The van der Waals surface area contributed by atoms with Crippen LogP contribution in [-0.2, 0) is 39.7 Å². The van der Waals surface area contributed by atoms with Crippen molar-refractivity contribution in [2.45, 2.75) is 73.0 Å². The van der Waals surface area contributed by atoms with Crippen LogP contribution in [0.3, 0.4) is 0 Å². The lowest BCUT2D eigenvalue weighted by atomic mass is 9.64. The monoisotopic (exact) mass is 684 g/mol. The first kappa shape index (κ1) is 35.7. The van der Waals surface area contributed by atoms with Gasteiger partial charge in [0.05, 0.1) is 24.4 Å². The summed E-state index contributed by atoms with van der Waals surface area (Å²) in [5.74, 6) is -1.08. The molecule has 2 heterocycles. The van der Waals surface area contributed by atoms with E-state index < -0.39 is 35.0 Å². The van der Waals surface area contributed by atoms with Gasteiger partial charge in [0.1, 0.15) is 11.5 Å². The summed E-state index contributed by atoms with van der Waals surface area (Å²) in [7, 11) is 0.